The van der Waals surface area contributed by atoms with Crippen molar-refractivity contribution < 1.29 is 4.79 Å². The Balaban J connectivity index is 1.92. The normalized spacial score (nSPS) is 16.2. The van der Waals surface area contributed by atoms with Crippen molar-refractivity contribution in [3.05, 3.63) is 28.8 Å². The Labute approximate surface area is 156 Å². The van der Waals surface area contributed by atoms with Gasteiger partial charge in [0, 0.05) is 18.5 Å². The number of hydrogen-bond acceptors (Lipinski definition) is 7. The van der Waals surface area contributed by atoms with Gasteiger partial charge < -0.3 is 0 Å². The molecule has 2 aromatic heterocycles. The molecule has 3 heterocycles. The van der Waals surface area contributed by atoms with Crippen LogP contribution in [0.15, 0.2) is 18.2 Å². The van der Waals surface area contributed by atoms with Gasteiger partial charge in [0.1, 0.15) is 23.5 Å². The minimum atomic E-state index is -0.414. The maximum Gasteiger partial charge on any atom is 0.251 e. The standard InChI is InChI=1S/C18H18N6OS/c1-3-15-16(13-7-4-6-12(10-19)21-13)22-18(26-15)23(2)17(25)14-8-5-9-24(14)11-20/h4,6-7,14H,3,5,8-9H2,1-2H3. The third kappa shape index (κ3) is 3.24. The summed E-state index contributed by atoms with van der Waals surface area (Å²) in [6.45, 7) is 2.64. The molecule has 0 aromatic carbocycles. The Morgan fingerprint density at radius 1 is 1.42 bits per heavy atom. The van der Waals surface area contributed by atoms with E-state index in [1.54, 1.807) is 19.2 Å². The van der Waals surface area contributed by atoms with Gasteiger partial charge in [-0.05, 0) is 31.4 Å². The van der Waals surface area contributed by atoms with Gasteiger partial charge in [0.05, 0.1) is 5.69 Å². The number of carbonyl (C=O) groups is 1. The highest BCUT2D eigenvalue weighted by molar-refractivity contribution is 7.16. The number of hydrogen-bond donors (Lipinski definition) is 0. The number of pyridine rings is 1. The first-order valence-corrected chi connectivity index (χ1v) is 9.21. The molecule has 0 aliphatic carbocycles. The lowest BCUT2D eigenvalue weighted by molar-refractivity contribution is -0.121. The summed E-state index contributed by atoms with van der Waals surface area (Å²) in [5.41, 5.74) is 1.66. The first-order chi connectivity index (χ1) is 12.6. The highest BCUT2D eigenvalue weighted by Gasteiger charge is 2.33. The van der Waals surface area contributed by atoms with Crippen molar-refractivity contribution in [2.24, 2.45) is 0 Å². The van der Waals surface area contributed by atoms with E-state index < -0.39 is 6.04 Å². The van der Waals surface area contributed by atoms with E-state index in [0.29, 0.717) is 35.2 Å². The van der Waals surface area contributed by atoms with Crippen LogP contribution in [0.5, 0.6) is 0 Å². The van der Waals surface area contributed by atoms with Crippen LogP contribution in [0.3, 0.4) is 0 Å². The number of thiazole rings is 1. The second kappa shape index (κ2) is 7.51. The molecule has 26 heavy (non-hydrogen) atoms. The van der Waals surface area contributed by atoms with Gasteiger partial charge in [-0.2, -0.15) is 10.5 Å². The Morgan fingerprint density at radius 2 is 2.23 bits per heavy atom. The fourth-order valence-electron chi connectivity index (χ4n) is 3.01. The molecule has 1 saturated heterocycles. The summed E-state index contributed by atoms with van der Waals surface area (Å²) in [6.07, 6.45) is 4.37. The predicted octanol–water partition coefficient (Wildman–Crippen LogP) is 2.55. The quantitative estimate of drug-likeness (QED) is 0.772. The molecule has 0 saturated carbocycles. The Hall–Kier alpha value is -2.97. The SMILES string of the molecule is CCc1sc(N(C)C(=O)C2CCCN2C#N)nc1-c1cccc(C#N)n1. The van der Waals surface area contributed by atoms with Gasteiger partial charge in [0.25, 0.3) is 5.91 Å². The molecule has 0 bridgehead atoms. The van der Waals surface area contributed by atoms with Gasteiger partial charge in [-0.1, -0.05) is 13.0 Å². The van der Waals surface area contributed by atoms with E-state index in [-0.39, 0.29) is 5.91 Å². The number of anilines is 1. The van der Waals surface area contributed by atoms with E-state index in [1.165, 1.54) is 21.1 Å². The molecule has 3 rings (SSSR count). The van der Waals surface area contributed by atoms with Crippen LogP contribution in [0, 0.1) is 22.8 Å². The van der Waals surface area contributed by atoms with Gasteiger partial charge in [-0.25, -0.2) is 9.97 Å². The van der Waals surface area contributed by atoms with Crippen molar-refractivity contribution in [2.45, 2.75) is 32.2 Å². The number of carbonyl (C=O) groups excluding carboxylic acids is 1. The molecule has 0 N–H and O–H groups in total. The zero-order valence-corrected chi connectivity index (χ0v) is 15.5. The van der Waals surface area contributed by atoms with Crippen LogP contribution in [-0.4, -0.2) is 40.4 Å². The first-order valence-electron chi connectivity index (χ1n) is 8.40. The summed E-state index contributed by atoms with van der Waals surface area (Å²) in [6, 6.07) is 6.86. The Morgan fingerprint density at radius 3 is 2.92 bits per heavy atom. The van der Waals surface area contributed by atoms with Crippen LogP contribution in [0.4, 0.5) is 5.13 Å². The second-order valence-electron chi connectivity index (χ2n) is 5.99. The largest absolute Gasteiger partial charge is 0.298 e. The van der Waals surface area contributed by atoms with Crippen molar-refractivity contribution >= 4 is 22.4 Å². The summed E-state index contributed by atoms with van der Waals surface area (Å²) in [7, 11) is 1.69. The zero-order valence-electron chi connectivity index (χ0n) is 14.6. The Kier molecular flexibility index (Phi) is 5.15. The molecule has 132 valence electrons. The molecule has 1 atom stereocenters. The van der Waals surface area contributed by atoms with E-state index in [4.69, 9.17) is 5.26 Å². The molecule has 2 aromatic rings. The molecule has 1 aliphatic rings. The highest BCUT2D eigenvalue weighted by Crippen LogP contribution is 2.33. The molecule has 0 radical (unpaired) electrons. The summed E-state index contributed by atoms with van der Waals surface area (Å²) < 4.78 is 0. The topological polar surface area (TPSA) is 96.9 Å². The molecular weight excluding hydrogens is 348 g/mol. The first kappa shape index (κ1) is 17.8. The lowest BCUT2D eigenvalue weighted by atomic mass is 10.2. The molecule has 0 spiro atoms. The fraction of sp³-hybridized carbons (Fsp3) is 0.389. The number of likely N-dealkylation sites (tertiary alicyclic amines) is 1. The van der Waals surface area contributed by atoms with Crippen LogP contribution in [0.2, 0.25) is 0 Å². The van der Waals surface area contributed by atoms with Crippen LogP contribution in [-0.2, 0) is 11.2 Å². The number of likely N-dealkylation sites (N-methyl/N-ethyl adjacent to an activating group) is 1. The third-order valence-electron chi connectivity index (χ3n) is 4.40. The van der Waals surface area contributed by atoms with E-state index in [0.717, 1.165) is 17.7 Å². The van der Waals surface area contributed by atoms with E-state index in [1.807, 2.05) is 19.1 Å². The number of aromatic nitrogens is 2. The van der Waals surface area contributed by atoms with Gasteiger partial charge in [-0.15, -0.1) is 11.3 Å². The summed E-state index contributed by atoms with van der Waals surface area (Å²) in [5.74, 6) is -0.120. The average Bonchev–Trinajstić information content (AvgIpc) is 3.33. The lowest BCUT2D eigenvalue weighted by Crippen LogP contribution is -2.42. The number of rotatable bonds is 4. The highest BCUT2D eigenvalue weighted by atomic mass is 32.1. The van der Waals surface area contributed by atoms with E-state index >= 15 is 0 Å². The minimum Gasteiger partial charge on any atom is -0.298 e. The number of aryl methyl sites for hydroxylation is 1. The van der Waals surface area contributed by atoms with Crippen LogP contribution >= 0.6 is 11.3 Å². The molecule has 7 nitrogen and oxygen atoms in total. The van der Waals surface area contributed by atoms with Crippen molar-refractivity contribution in [2.75, 3.05) is 18.5 Å². The number of nitrogens with zero attached hydrogens (tertiary/aromatic N) is 6. The minimum absolute atomic E-state index is 0.120. The molecular formula is C18H18N6OS. The summed E-state index contributed by atoms with van der Waals surface area (Å²) in [5, 5.41) is 18.8. The zero-order chi connectivity index (χ0) is 18.7. The van der Waals surface area contributed by atoms with Gasteiger partial charge in [-0.3, -0.25) is 14.6 Å². The number of nitriles is 2. The van der Waals surface area contributed by atoms with Crippen LogP contribution < -0.4 is 4.90 Å². The van der Waals surface area contributed by atoms with E-state index in [2.05, 4.69) is 16.2 Å². The average molecular weight is 366 g/mol. The third-order valence-corrected chi connectivity index (χ3v) is 5.67. The molecule has 1 unspecified atom stereocenters. The molecule has 1 fully saturated rings. The second-order valence-corrected chi connectivity index (χ2v) is 7.05. The summed E-state index contributed by atoms with van der Waals surface area (Å²) in [4.78, 5) is 25.8. The smallest absolute Gasteiger partial charge is 0.251 e. The predicted molar refractivity (Wildman–Crippen MR) is 98.2 cm³/mol. The summed E-state index contributed by atoms with van der Waals surface area (Å²) >= 11 is 1.44. The van der Waals surface area contributed by atoms with Gasteiger partial charge in [0.2, 0.25) is 0 Å². The van der Waals surface area contributed by atoms with Crippen LogP contribution in [0.25, 0.3) is 11.4 Å². The molecule has 1 amide bonds. The van der Waals surface area contributed by atoms with Crippen molar-refractivity contribution in [1.29, 1.82) is 10.5 Å². The van der Waals surface area contributed by atoms with E-state index in [9.17, 15) is 10.1 Å². The van der Waals surface area contributed by atoms with Gasteiger partial charge >= 0.3 is 0 Å². The monoisotopic (exact) mass is 366 g/mol. The molecule has 1 aliphatic heterocycles. The lowest BCUT2D eigenvalue weighted by Gasteiger charge is -2.22. The molecule has 8 heteroatoms. The van der Waals surface area contributed by atoms with Gasteiger partial charge in [0.15, 0.2) is 11.3 Å². The fourth-order valence-corrected chi connectivity index (χ4v) is 3.99. The van der Waals surface area contributed by atoms with Crippen molar-refractivity contribution in [1.82, 2.24) is 14.9 Å². The number of amides is 1. The van der Waals surface area contributed by atoms with Crippen LogP contribution in [0.1, 0.15) is 30.3 Å². The van der Waals surface area contributed by atoms with Crippen molar-refractivity contribution in [3.63, 3.8) is 0 Å². The Bertz CT molecular complexity index is 909. The maximum atomic E-state index is 12.8. The van der Waals surface area contributed by atoms with Crippen molar-refractivity contribution in [3.8, 4) is 23.7 Å². The maximum absolute atomic E-state index is 12.8.